The van der Waals surface area contributed by atoms with Crippen LogP contribution in [0.2, 0.25) is 0 Å². The number of rotatable bonds is 5. The van der Waals surface area contributed by atoms with Gasteiger partial charge in [0.15, 0.2) is 0 Å². The third kappa shape index (κ3) is 4.08. The average Bonchev–Trinajstić information content (AvgIpc) is 2.86. The summed E-state index contributed by atoms with van der Waals surface area (Å²) in [6, 6.07) is 9.69. The van der Waals surface area contributed by atoms with Crippen LogP contribution >= 0.6 is 11.3 Å². The molecule has 1 heterocycles. The first-order chi connectivity index (χ1) is 9.54. The summed E-state index contributed by atoms with van der Waals surface area (Å²) in [4.78, 5) is 15.2. The first kappa shape index (κ1) is 14.6. The molecule has 0 radical (unpaired) electrons. The van der Waals surface area contributed by atoms with Gasteiger partial charge in [-0.2, -0.15) is 0 Å². The fraction of sp³-hybridized carbons (Fsp3) is 0.267. The van der Waals surface area contributed by atoms with E-state index in [-0.39, 0.29) is 5.91 Å². The van der Waals surface area contributed by atoms with Crippen LogP contribution in [-0.2, 0) is 11.3 Å². The molecule has 0 fully saturated rings. The van der Waals surface area contributed by atoms with Crippen LogP contribution in [0.3, 0.4) is 0 Å². The summed E-state index contributed by atoms with van der Waals surface area (Å²) in [5.41, 5.74) is 8.19. The fourth-order valence-corrected chi connectivity index (χ4v) is 2.72. The zero-order valence-electron chi connectivity index (χ0n) is 11.7. The molecule has 0 aliphatic heterocycles. The molecule has 0 aliphatic rings. The number of nitrogens with two attached hydrogens (primary N) is 1. The molecule has 0 bridgehead atoms. The number of nitrogen functional groups attached to an aromatic ring is 1. The number of nitrogens with zero attached hydrogens (tertiary/aromatic N) is 1. The molecule has 2 rings (SSSR count). The number of carbonyl (C=O) groups excluding carboxylic acids is 1. The Labute approximate surface area is 123 Å². The second-order valence-corrected chi connectivity index (χ2v) is 5.92. The van der Waals surface area contributed by atoms with Gasteiger partial charge in [0.05, 0.1) is 17.9 Å². The number of hydrogen-bond donors (Lipinski definition) is 2. The van der Waals surface area contributed by atoms with Crippen LogP contribution < -0.4 is 11.1 Å². The number of likely N-dealkylation sites (N-methyl/N-ethyl adjacent to an activating group) is 1. The van der Waals surface area contributed by atoms with Crippen LogP contribution in [0, 0.1) is 6.92 Å². The van der Waals surface area contributed by atoms with Crippen molar-refractivity contribution in [2.45, 2.75) is 13.5 Å². The van der Waals surface area contributed by atoms with Crippen LogP contribution in [0.5, 0.6) is 0 Å². The molecular weight excluding hydrogens is 270 g/mol. The highest BCUT2D eigenvalue weighted by molar-refractivity contribution is 7.09. The van der Waals surface area contributed by atoms with E-state index in [1.54, 1.807) is 17.4 Å². The zero-order chi connectivity index (χ0) is 14.5. The van der Waals surface area contributed by atoms with Crippen molar-refractivity contribution in [3.05, 3.63) is 46.2 Å². The first-order valence-electron chi connectivity index (χ1n) is 6.41. The second kappa shape index (κ2) is 6.54. The largest absolute Gasteiger partial charge is 0.397 e. The van der Waals surface area contributed by atoms with Gasteiger partial charge < -0.3 is 11.1 Å². The summed E-state index contributed by atoms with van der Waals surface area (Å²) in [5, 5.41) is 4.90. The summed E-state index contributed by atoms with van der Waals surface area (Å²) in [6.07, 6.45) is 0. The van der Waals surface area contributed by atoms with E-state index in [9.17, 15) is 4.79 Å². The van der Waals surface area contributed by atoms with E-state index in [1.165, 1.54) is 4.88 Å². The van der Waals surface area contributed by atoms with Gasteiger partial charge in [0.2, 0.25) is 5.91 Å². The van der Waals surface area contributed by atoms with Gasteiger partial charge in [0, 0.05) is 11.4 Å². The van der Waals surface area contributed by atoms with Gasteiger partial charge >= 0.3 is 0 Å². The van der Waals surface area contributed by atoms with Gasteiger partial charge in [-0.05, 0) is 43.1 Å². The molecule has 0 saturated heterocycles. The quantitative estimate of drug-likeness (QED) is 0.832. The van der Waals surface area contributed by atoms with Crippen molar-refractivity contribution < 1.29 is 4.79 Å². The minimum absolute atomic E-state index is 0.0543. The lowest BCUT2D eigenvalue weighted by atomic mass is 10.2. The molecule has 1 amide bonds. The number of carbonyl (C=O) groups is 1. The lowest BCUT2D eigenvalue weighted by molar-refractivity contribution is -0.117. The molecule has 106 valence electrons. The molecule has 0 saturated carbocycles. The molecule has 20 heavy (non-hydrogen) atoms. The third-order valence-electron chi connectivity index (χ3n) is 2.90. The Balaban J connectivity index is 1.90. The number of thiophene rings is 1. The molecule has 1 aromatic heterocycles. The van der Waals surface area contributed by atoms with E-state index < -0.39 is 0 Å². The van der Waals surface area contributed by atoms with Crippen molar-refractivity contribution in [1.82, 2.24) is 4.90 Å². The maximum atomic E-state index is 12.0. The van der Waals surface area contributed by atoms with Gasteiger partial charge in [-0.15, -0.1) is 11.3 Å². The van der Waals surface area contributed by atoms with Crippen LogP contribution in [0.25, 0.3) is 0 Å². The monoisotopic (exact) mass is 289 g/mol. The lowest BCUT2D eigenvalue weighted by Crippen LogP contribution is -2.29. The summed E-state index contributed by atoms with van der Waals surface area (Å²) in [5.74, 6) is -0.0543. The minimum atomic E-state index is -0.0543. The predicted octanol–water partition coefficient (Wildman–Crippen LogP) is 2.71. The lowest BCUT2D eigenvalue weighted by Gasteiger charge is -2.16. The molecular formula is C15H19N3OS. The number of benzene rings is 1. The molecule has 0 aliphatic carbocycles. The van der Waals surface area contributed by atoms with E-state index in [2.05, 4.69) is 11.4 Å². The van der Waals surface area contributed by atoms with Crippen LogP contribution in [-0.4, -0.2) is 24.4 Å². The normalized spacial score (nSPS) is 10.8. The molecule has 4 nitrogen and oxygen atoms in total. The van der Waals surface area contributed by atoms with Gasteiger partial charge in [0.1, 0.15) is 0 Å². The molecule has 2 aromatic rings. The molecule has 0 unspecified atom stereocenters. The standard InChI is InChI=1S/C15H19N3OS/c1-11-5-6-13(16)14(8-11)17-15(19)10-18(2)9-12-4-3-7-20-12/h3-8H,9-10,16H2,1-2H3,(H,17,19). The number of nitrogens with one attached hydrogen (secondary N) is 1. The number of hydrogen-bond acceptors (Lipinski definition) is 4. The Morgan fingerprint density at radius 2 is 2.20 bits per heavy atom. The van der Waals surface area contributed by atoms with Crippen LogP contribution in [0.15, 0.2) is 35.7 Å². The Bertz CT molecular complexity index is 581. The predicted molar refractivity (Wildman–Crippen MR) is 84.9 cm³/mol. The highest BCUT2D eigenvalue weighted by atomic mass is 32.1. The van der Waals surface area contributed by atoms with Gasteiger partial charge in [-0.25, -0.2) is 0 Å². The molecule has 0 atom stereocenters. The second-order valence-electron chi connectivity index (χ2n) is 4.89. The van der Waals surface area contributed by atoms with Gasteiger partial charge in [0.25, 0.3) is 0 Å². The van der Waals surface area contributed by atoms with E-state index >= 15 is 0 Å². The van der Waals surface area contributed by atoms with Crippen molar-refractivity contribution in [2.75, 3.05) is 24.6 Å². The van der Waals surface area contributed by atoms with Crippen LogP contribution in [0.1, 0.15) is 10.4 Å². The highest BCUT2D eigenvalue weighted by Gasteiger charge is 2.09. The summed E-state index contributed by atoms with van der Waals surface area (Å²) >= 11 is 1.69. The topological polar surface area (TPSA) is 58.4 Å². The summed E-state index contributed by atoms with van der Waals surface area (Å²) in [7, 11) is 1.93. The maximum Gasteiger partial charge on any atom is 0.238 e. The van der Waals surface area contributed by atoms with Crippen LogP contribution in [0.4, 0.5) is 11.4 Å². The molecule has 1 aromatic carbocycles. The van der Waals surface area contributed by atoms with E-state index in [0.29, 0.717) is 17.9 Å². The number of aryl methyl sites for hydroxylation is 1. The van der Waals surface area contributed by atoms with Crippen molar-refractivity contribution in [3.8, 4) is 0 Å². The van der Waals surface area contributed by atoms with Gasteiger partial charge in [-0.1, -0.05) is 12.1 Å². The van der Waals surface area contributed by atoms with Crippen molar-refractivity contribution >= 4 is 28.6 Å². The Kier molecular flexibility index (Phi) is 4.76. The number of anilines is 2. The first-order valence-corrected chi connectivity index (χ1v) is 7.29. The third-order valence-corrected chi connectivity index (χ3v) is 3.76. The molecule has 3 N–H and O–H groups in total. The molecule has 0 spiro atoms. The fourth-order valence-electron chi connectivity index (χ4n) is 1.94. The zero-order valence-corrected chi connectivity index (χ0v) is 12.5. The van der Waals surface area contributed by atoms with Crippen molar-refractivity contribution in [2.24, 2.45) is 0 Å². The Hall–Kier alpha value is -1.85. The van der Waals surface area contributed by atoms with E-state index in [1.807, 2.05) is 42.5 Å². The smallest absolute Gasteiger partial charge is 0.238 e. The SMILES string of the molecule is Cc1ccc(N)c(NC(=O)CN(C)Cc2cccs2)c1. The Morgan fingerprint density at radius 1 is 1.40 bits per heavy atom. The Morgan fingerprint density at radius 3 is 2.90 bits per heavy atom. The summed E-state index contributed by atoms with van der Waals surface area (Å²) < 4.78 is 0. The highest BCUT2D eigenvalue weighted by Crippen LogP contribution is 2.19. The van der Waals surface area contributed by atoms with E-state index in [4.69, 9.17) is 5.73 Å². The molecule has 5 heteroatoms. The number of amides is 1. The average molecular weight is 289 g/mol. The van der Waals surface area contributed by atoms with Gasteiger partial charge in [-0.3, -0.25) is 9.69 Å². The summed E-state index contributed by atoms with van der Waals surface area (Å²) in [6.45, 7) is 3.08. The minimum Gasteiger partial charge on any atom is -0.397 e. The maximum absolute atomic E-state index is 12.0. The van der Waals surface area contributed by atoms with Crippen molar-refractivity contribution in [3.63, 3.8) is 0 Å². The van der Waals surface area contributed by atoms with Crippen molar-refractivity contribution in [1.29, 1.82) is 0 Å². The van der Waals surface area contributed by atoms with E-state index in [0.717, 1.165) is 12.1 Å².